The molecule has 3 N–H and O–H groups in total. The molecule has 1 aliphatic heterocycles. The Morgan fingerprint density at radius 3 is 2.48 bits per heavy atom. The molecule has 2 amide bonds. The number of carbonyl (C=O) groups excluding carboxylic acids is 2. The Hall–Kier alpha value is -3.07. The minimum absolute atomic E-state index is 0.115. The highest BCUT2D eigenvalue weighted by atomic mass is 16.2. The van der Waals surface area contributed by atoms with E-state index in [1.54, 1.807) is 4.90 Å². The van der Waals surface area contributed by atoms with E-state index in [-0.39, 0.29) is 23.4 Å². The van der Waals surface area contributed by atoms with Crippen molar-refractivity contribution >= 4 is 11.8 Å². The van der Waals surface area contributed by atoms with Gasteiger partial charge in [0.25, 0.3) is 11.8 Å². The van der Waals surface area contributed by atoms with Gasteiger partial charge in [-0.25, -0.2) is 0 Å². The summed E-state index contributed by atoms with van der Waals surface area (Å²) < 4.78 is 0. The van der Waals surface area contributed by atoms with E-state index in [0.29, 0.717) is 18.7 Å². The SMILES string of the molecule is N#CC(c1ccccc1)C1CCN(C(=O)c2c[nH]c(C(N)=O)c2)CC1. The fourth-order valence-corrected chi connectivity index (χ4v) is 3.39. The number of hydrogen-bond acceptors (Lipinski definition) is 3. The predicted octanol–water partition coefficient (Wildman–Crippen LogP) is 2.27. The van der Waals surface area contributed by atoms with E-state index in [2.05, 4.69) is 11.1 Å². The highest BCUT2D eigenvalue weighted by Crippen LogP contribution is 2.32. The third kappa shape index (κ3) is 3.56. The number of amides is 2. The van der Waals surface area contributed by atoms with Crippen LogP contribution in [0.25, 0.3) is 0 Å². The van der Waals surface area contributed by atoms with Crippen molar-refractivity contribution in [3.05, 3.63) is 59.4 Å². The number of rotatable bonds is 4. The zero-order chi connectivity index (χ0) is 17.8. The molecule has 6 nitrogen and oxygen atoms in total. The van der Waals surface area contributed by atoms with Gasteiger partial charge in [-0.05, 0) is 30.4 Å². The van der Waals surface area contributed by atoms with Crippen LogP contribution < -0.4 is 5.73 Å². The fourth-order valence-electron chi connectivity index (χ4n) is 3.39. The summed E-state index contributed by atoms with van der Waals surface area (Å²) in [7, 11) is 0. The average Bonchev–Trinajstić information content (AvgIpc) is 3.14. The zero-order valence-electron chi connectivity index (χ0n) is 13.8. The van der Waals surface area contributed by atoms with E-state index < -0.39 is 5.91 Å². The molecule has 1 saturated heterocycles. The minimum atomic E-state index is -0.586. The molecular weight excluding hydrogens is 316 g/mol. The molecule has 1 atom stereocenters. The lowest BCUT2D eigenvalue weighted by molar-refractivity contribution is 0.0685. The first-order chi connectivity index (χ1) is 12.1. The highest BCUT2D eigenvalue weighted by Gasteiger charge is 2.30. The molecule has 1 aliphatic rings. The van der Waals surface area contributed by atoms with Crippen LogP contribution in [-0.4, -0.2) is 34.8 Å². The van der Waals surface area contributed by atoms with Crippen LogP contribution in [0.15, 0.2) is 42.6 Å². The number of nitriles is 1. The number of H-pyrrole nitrogens is 1. The van der Waals surface area contributed by atoms with E-state index in [1.807, 2.05) is 30.3 Å². The Bertz CT molecular complexity index is 798. The van der Waals surface area contributed by atoms with Gasteiger partial charge in [0, 0.05) is 19.3 Å². The molecule has 25 heavy (non-hydrogen) atoms. The number of nitrogens with zero attached hydrogens (tertiary/aromatic N) is 2. The molecule has 0 radical (unpaired) electrons. The van der Waals surface area contributed by atoms with Crippen LogP contribution in [0.5, 0.6) is 0 Å². The maximum absolute atomic E-state index is 12.5. The molecule has 3 rings (SSSR count). The number of nitrogens with one attached hydrogen (secondary N) is 1. The van der Waals surface area contributed by atoms with Gasteiger partial charge in [-0.15, -0.1) is 0 Å². The zero-order valence-corrected chi connectivity index (χ0v) is 13.8. The van der Waals surface area contributed by atoms with Gasteiger partial charge in [0.15, 0.2) is 0 Å². The van der Waals surface area contributed by atoms with Gasteiger partial charge in [0.2, 0.25) is 0 Å². The maximum atomic E-state index is 12.5. The summed E-state index contributed by atoms with van der Waals surface area (Å²) >= 11 is 0. The predicted molar refractivity (Wildman–Crippen MR) is 92.7 cm³/mol. The largest absolute Gasteiger partial charge is 0.364 e. The second-order valence-corrected chi connectivity index (χ2v) is 6.31. The van der Waals surface area contributed by atoms with Gasteiger partial charge in [0.05, 0.1) is 17.6 Å². The lowest BCUT2D eigenvalue weighted by Gasteiger charge is -2.34. The van der Waals surface area contributed by atoms with Gasteiger partial charge < -0.3 is 15.6 Å². The molecule has 2 aromatic rings. The van der Waals surface area contributed by atoms with Crippen LogP contribution in [0.3, 0.4) is 0 Å². The maximum Gasteiger partial charge on any atom is 0.265 e. The molecule has 1 aromatic heterocycles. The van der Waals surface area contributed by atoms with Gasteiger partial charge >= 0.3 is 0 Å². The summed E-state index contributed by atoms with van der Waals surface area (Å²) in [6, 6.07) is 13.7. The van der Waals surface area contributed by atoms with E-state index in [1.165, 1.54) is 12.3 Å². The minimum Gasteiger partial charge on any atom is -0.364 e. The molecule has 0 saturated carbocycles. The monoisotopic (exact) mass is 336 g/mol. The number of primary amides is 1. The molecule has 0 aliphatic carbocycles. The van der Waals surface area contributed by atoms with E-state index in [0.717, 1.165) is 18.4 Å². The first kappa shape index (κ1) is 16.8. The Morgan fingerprint density at radius 1 is 1.24 bits per heavy atom. The molecule has 1 fully saturated rings. The number of piperidine rings is 1. The lowest BCUT2D eigenvalue weighted by atomic mass is 9.81. The number of aromatic nitrogens is 1. The van der Waals surface area contributed by atoms with Crippen molar-refractivity contribution in [2.24, 2.45) is 11.7 Å². The Balaban J connectivity index is 1.64. The summed E-state index contributed by atoms with van der Waals surface area (Å²) in [5.74, 6) is -0.607. The van der Waals surface area contributed by atoms with Crippen molar-refractivity contribution in [1.29, 1.82) is 5.26 Å². The van der Waals surface area contributed by atoms with E-state index >= 15 is 0 Å². The third-order valence-electron chi connectivity index (χ3n) is 4.79. The summed E-state index contributed by atoms with van der Waals surface area (Å²) in [6.45, 7) is 1.21. The summed E-state index contributed by atoms with van der Waals surface area (Å²) in [6.07, 6.45) is 3.08. The Kier molecular flexibility index (Phi) is 4.85. The van der Waals surface area contributed by atoms with Crippen LogP contribution in [0, 0.1) is 17.2 Å². The third-order valence-corrected chi connectivity index (χ3v) is 4.79. The normalized spacial score (nSPS) is 16.2. The summed E-state index contributed by atoms with van der Waals surface area (Å²) in [5, 5.41) is 9.56. The Labute approximate surface area is 146 Å². The lowest BCUT2D eigenvalue weighted by Crippen LogP contribution is -2.39. The van der Waals surface area contributed by atoms with Crippen LogP contribution >= 0.6 is 0 Å². The van der Waals surface area contributed by atoms with Crippen LogP contribution in [0.2, 0.25) is 0 Å². The van der Waals surface area contributed by atoms with Crippen molar-refractivity contribution in [1.82, 2.24) is 9.88 Å². The molecule has 6 heteroatoms. The second-order valence-electron chi connectivity index (χ2n) is 6.31. The summed E-state index contributed by atoms with van der Waals surface area (Å²) in [4.78, 5) is 28.2. The van der Waals surface area contributed by atoms with Crippen LogP contribution in [0.1, 0.15) is 45.2 Å². The summed E-state index contributed by atoms with van der Waals surface area (Å²) in [5.41, 5.74) is 6.90. The number of likely N-dealkylation sites (tertiary alicyclic amines) is 1. The van der Waals surface area contributed by atoms with Crippen molar-refractivity contribution < 1.29 is 9.59 Å². The number of hydrogen-bond donors (Lipinski definition) is 2. The van der Waals surface area contributed by atoms with Gasteiger partial charge in [0.1, 0.15) is 5.69 Å². The number of carbonyl (C=O) groups is 2. The molecule has 128 valence electrons. The molecular formula is C19H20N4O2. The molecule has 0 spiro atoms. The smallest absolute Gasteiger partial charge is 0.265 e. The standard InChI is InChI=1S/C19H20N4O2/c20-11-16(13-4-2-1-3-5-13)14-6-8-23(9-7-14)19(25)15-10-17(18(21)24)22-12-15/h1-5,10,12,14,16,22H,6-9H2,(H2,21,24). The van der Waals surface area contributed by atoms with E-state index in [4.69, 9.17) is 5.73 Å². The van der Waals surface area contributed by atoms with Crippen molar-refractivity contribution in [2.45, 2.75) is 18.8 Å². The molecule has 2 heterocycles. The highest BCUT2D eigenvalue weighted by molar-refractivity contribution is 5.98. The first-order valence-corrected chi connectivity index (χ1v) is 8.32. The fraction of sp³-hybridized carbons (Fsp3) is 0.316. The van der Waals surface area contributed by atoms with Gasteiger partial charge in [-0.3, -0.25) is 9.59 Å². The average molecular weight is 336 g/mol. The van der Waals surface area contributed by atoms with Crippen molar-refractivity contribution in [3.63, 3.8) is 0 Å². The van der Waals surface area contributed by atoms with Crippen molar-refractivity contribution in [2.75, 3.05) is 13.1 Å². The van der Waals surface area contributed by atoms with Crippen LogP contribution in [0.4, 0.5) is 0 Å². The topological polar surface area (TPSA) is 103 Å². The number of aromatic amines is 1. The van der Waals surface area contributed by atoms with Gasteiger partial charge in [-0.1, -0.05) is 30.3 Å². The van der Waals surface area contributed by atoms with Crippen molar-refractivity contribution in [3.8, 4) is 6.07 Å². The number of benzene rings is 1. The van der Waals surface area contributed by atoms with E-state index in [9.17, 15) is 14.9 Å². The van der Waals surface area contributed by atoms with Crippen LogP contribution in [-0.2, 0) is 0 Å². The Morgan fingerprint density at radius 2 is 1.92 bits per heavy atom. The quantitative estimate of drug-likeness (QED) is 0.895. The number of nitrogens with two attached hydrogens (primary N) is 1. The molecule has 1 unspecified atom stereocenters. The van der Waals surface area contributed by atoms with Gasteiger partial charge in [-0.2, -0.15) is 5.26 Å². The molecule has 0 bridgehead atoms. The first-order valence-electron chi connectivity index (χ1n) is 8.32. The molecule has 1 aromatic carbocycles. The second kappa shape index (κ2) is 7.22.